The van der Waals surface area contributed by atoms with Crippen LogP contribution in [0.2, 0.25) is 0 Å². The summed E-state index contributed by atoms with van der Waals surface area (Å²) in [6.07, 6.45) is 4.99. The molecular formula is C11H17NOS. The molecule has 1 aliphatic carbocycles. The first-order chi connectivity index (χ1) is 6.59. The van der Waals surface area contributed by atoms with E-state index in [9.17, 15) is 5.11 Å². The highest BCUT2D eigenvalue weighted by molar-refractivity contribution is 7.11. The maximum atomic E-state index is 10.2. The Bertz CT molecular complexity index is 307. The van der Waals surface area contributed by atoms with Gasteiger partial charge in [-0.05, 0) is 26.7 Å². The molecule has 0 aliphatic heterocycles. The zero-order chi connectivity index (χ0) is 10.2. The van der Waals surface area contributed by atoms with Crippen LogP contribution in [0.1, 0.15) is 41.3 Å². The number of thiazole rings is 1. The fraction of sp³-hybridized carbons (Fsp3) is 0.727. The number of rotatable bonds is 2. The van der Waals surface area contributed by atoms with E-state index in [0.717, 1.165) is 30.0 Å². The first-order valence-electron chi connectivity index (χ1n) is 5.24. The lowest BCUT2D eigenvalue weighted by molar-refractivity contribution is 0.0481. The topological polar surface area (TPSA) is 33.1 Å². The van der Waals surface area contributed by atoms with Gasteiger partial charge in [-0.2, -0.15) is 0 Å². The molecule has 3 heteroatoms. The van der Waals surface area contributed by atoms with Crippen molar-refractivity contribution >= 4 is 11.3 Å². The molecule has 1 fully saturated rings. The van der Waals surface area contributed by atoms with Crippen LogP contribution >= 0.6 is 11.3 Å². The van der Waals surface area contributed by atoms with Crippen LogP contribution in [0.25, 0.3) is 0 Å². The molecule has 0 radical (unpaired) electrons. The highest BCUT2D eigenvalue weighted by Crippen LogP contribution is 2.33. The molecule has 78 valence electrons. The van der Waals surface area contributed by atoms with Gasteiger partial charge >= 0.3 is 0 Å². The van der Waals surface area contributed by atoms with E-state index in [4.69, 9.17) is 0 Å². The first-order valence-corrected chi connectivity index (χ1v) is 6.06. The van der Waals surface area contributed by atoms with Gasteiger partial charge < -0.3 is 5.11 Å². The van der Waals surface area contributed by atoms with Gasteiger partial charge in [0.1, 0.15) is 0 Å². The summed E-state index contributed by atoms with van der Waals surface area (Å²) in [7, 11) is 0. The van der Waals surface area contributed by atoms with Crippen molar-refractivity contribution < 1.29 is 5.11 Å². The Kier molecular flexibility index (Phi) is 2.62. The van der Waals surface area contributed by atoms with Gasteiger partial charge in [0.15, 0.2) is 0 Å². The molecule has 2 rings (SSSR count). The summed E-state index contributed by atoms with van der Waals surface area (Å²) in [6, 6.07) is 0. The van der Waals surface area contributed by atoms with Gasteiger partial charge in [0.25, 0.3) is 0 Å². The van der Waals surface area contributed by atoms with E-state index in [2.05, 4.69) is 11.9 Å². The van der Waals surface area contributed by atoms with Gasteiger partial charge in [-0.15, -0.1) is 11.3 Å². The van der Waals surface area contributed by atoms with Crippen LogP contribution in [-0.2, 0) is 6.42 Å². The van der Waals surface area contributed by atoms with Crippen LogP contribution in [0.5, 0.6) is 0 Å². The molecule has 0 saturated heterocycles. The van der Waals surface area contributed by atoms with Gasteiger partial charge in [0.05, 0.1) is 16.3 Å². The SMILES string of the molecule is Cc1nc(CC2(O)CCCC2)sc1C. The third kappa shape index (κ3) is 1.98. The number of aryl methyl sites for hydroxylation is 2. The Balaban J connectivity index is 2.10. The lowest BCUT2D eigenvalue weighted by Gasteiger charge is -2.20. The summed E-state index contributed by atoms with van der Waals surface area (Å²) < 4.78 is 0. The Morgan fingerprint density at radius 3 is 2.50 bits per heavy atom. The molecule has 1 aliphatic rings. The Hall–Kier alpha value is -0.410. The summed E-state index contributed by atoms with van der Waals surface area (Å²) in [4.78, 5) is 5.76. The molecule has 0 amide bonds. The number of nitrogens with zero attached hydrogens (tertiary/aromatic N) is 1. The highest BCUT2D eigenvalue weighted by Gasteiger charge is 2.32. The molecule has 0 unspecified atom stereocenters. The van der Waals surface area contributed by atoms with Crippen LogP contribution in [-0.4, -0.2) is 15.7 Å². The fourth-order valence-electron chi connectivity index (χ4n) is 2.11. The summed E-state index contributed by atoms with van der Waals surface area (Å²) in [6.45, 7) is 4.13. The van der Waals surface area contributed by atoms with Crippen LogP contribution in [0.4, 0.5) is 0 Å². The van der Waals surface area contributed by atoms with Crippen molar-refractivity contribution in [2.75, 3.05) is 0 Å². The molecule has 2 nitrogen and oxygen atoms in total. The molecule has 1 N–H and O–H groups in total. The monoisotopic (exact) mass is 211 g/mol. The highest BCUT2D eigenvalue weighted by atomic mass is 32.1. The molecular weight excluding hydrogens is 194 g/mol. The van der Waals surface area contributed by atoms with E-state index in [1.165, 1.54) is 17.7 Å². The van der Waals surface area contributed by atoms with E-state index >= 15 is 0 Å². The molecule has 0 atom stereocenters. The smallest absolute Gasteiger partial charge is 0.0959 e. The van der Waals surface area contributed by atoms with E-state index in [0.29, 0.717) is 0 Å². The maximum Gasteiger partial charge on any atom is 0.0959 e. The second-order valence-corrected chi connectivity index (χ2v) is 5.65. The summed E-state index contributed by atoms with van der Waals surface area (Å²) in [5.74, 6) is 0. The van der Waals surface area contributed by atoms with Crippen molar-refractivity contribution in [2.45, 2.75) is 51.6 Å². The minimum Gasteiger partial charge on any atom is -0.389 e. The van der Waals surface area contributed by atoms with Crippen LogP contribution in [0.3, 0.4) is 0 Å². The number of hydrogen-bond donors (Lipinski definition) is 1. The molecule has 1 saturated carbocycles. The average molecular weight is 211 g/mol. The van der Waals surface area contributed by atoms with Gasteiger partial charge in [0.2, 0.25) is 0 Å². The number of aliphatic hydroxyl groups is 1. The minimum absolute atomic E-state index is 0.448. The molecule has 14 heavy (non-hydrogen) atoms. The van der Waals surface area contributed by atoms with Crippen molar-refractivity contribution in [1.82, 2.24) is 4.98 Å². The lowest BCUT2D eigenvalue weighted by Crippen LogP contribution is -2.26. The van der Waals surface area contributed by atoms with Gasteiger partial charge in [0, 0.05) is 11.3 Å². The molecule has 1 aromatic rings. The van der Waals surface area contributed by atoms with Crippen molar-refractivity contribution in [3.8, 4) is 0 Å². The van der Waals surface area contributed by atoms with Crippen LogP contribution in [0, 0.1) is 13.8 Å². The summed E-state index contributed by atoms with van der Waals surface area (Å²) in [5.41, 5.74) is 0.670. The van der Waals surface area contributed by atoms with Gasteiger partial charge in [-0.3, -0.25) is 0 Å². The minimum atomic E-state index is -0.448. The van der Waals surface area contributed by atoms with Crippen LogP contribution in [0.15, 0.2) is 0 Å². The van der Waals surface area contributed by atoms with E-state index < -0.39 is 5.60 Å². The predicted molar refractivity (Wildman–Crippen MR) is 58.7 cm³/mol. The average Bonchev–Trinajstić information content (AvgIpc) is 2.62. The van der Waals surface area contributed by atoms with E-state index in [1.54, 1.807) is 11.3 Å². The van der Waals surface area contributed by atoms with Crippen molar-refractivity contribution in [1.29, 1.82) is 0 Å². The number of aromatic nitrogens is 1. The summed E-state index contributed by atoms with van der Waals surface area (Å²) in [5, 5.41) is 11.3. The van der Waals surface area contributed by atoms with E-state index in [1.807, 2.05) is 6.92 Å². The molecule has 0 aromatic carbocycles. The fourth-order valence-corrected chi connectivity index (χ4v) is 3.18. The molecule has 0 spiro atoms. The third-order valence-corrected chi connectivity index (χ3v) is 4.16. The second-order valence-electron chi connectivity index (χ2n) is 4.36. The van der Waals surface area contributed by atoms with Crippen molar-refractivity contribution in [2.24, 2.45) is 0 Å². The van der Waals surface area contributed by atoms with Gasteiger partial charge in [-0.25, -0.2) is 4.98 Å². The largest absolute Gasteiger partial charge is 0.389 e. The standard InChI is InChI=1S/C11H17NOS/c1-8-9(2)14-10(12-8)7-11(13)5-3-4-6-11/h13H,3-7H2,1-2H3. The second kappa shape index (κ2) is 3.63. The Morgan fingerprint density at radius 1 is 1.36 bits per heavy atom. The molecule has 0 bridgehead atoms. The Labute approximate surface area is 89.0 Å². The Morgan fingerprint density at radius 2 is 2.00 bits per heavy atom. The zero-order valence-corrected chi connectivity index (χ0v) is 9.65. The number of hydrogen-bond acceptors (Lipinski definition) is 3. The lowest BCUT2D eigenvalue weighted by atomic mass is 9.99. The van der Waals surface area contributed by atoms with Crippen molar-refractivity contribution in [3.63, 3.8) is 0 Å². The summed E-state index contributed by atoms with van der Waals surface area (Å²) >= 11 is 1.73. The third-order valence-electron chi connectivity index (χ3n) is 3.09. The normalized spacial score (nSPS) is 20.2. The maximum absolute atomic E-state index is 10.2. The quantitative estimate of drug-likeness (QED) is 0.815. The predicted octanol–water partition coefficient (Wildman–Crippen LogP) is 2.61. The molecule has 1 heterocycles. The first kappa shape index (κ1) is 10.1. The zero-order valence-electron chi connectivity index (χ0n) is 8.84. The van der Waals surface area contributed by atoms with Crippen LogP contribution < -0.4 is 0 Å². The molecule has 1 aromatic heterocycles. The van der Waals surface area contributed by atoms with Crippen molar-refractivity contribution in [3.05, 3.63) is 15.6 Å². The van der Waals surface area contributed by atoms with E-state index in [-0.39, 0.29) is 0 Å². The van der Waals surface area contributed by atoms with Gasteiger partial charge in [-0.1, -0.05) is 12.8 Å².